The molecule has 0 saturated carbocycles. The molecule has 1 aliphatic heterocycles. The van der Waals surface area contributed by atoms with E-state index in [0.29, 0.717) is 19.6 Å². The molecule has 0 bridgehead atoms. The second-order valence-electron chi connectivity index (χ2n) is 4.65. The van der Waals surface area contributed by atoms with E-state index < -0.39 is 5.54 Å². The molecular formula is C11H18N4O3. The van der Waals surface area contributed by atoms with Crippen LogP contribution in [0.15, 0.2) is 4.63 Å². The van der Waals surface area contributed by atoms with Crippen molar-refractivity contribution in [3.05, 3.63) is 11.4 Å². The number of ether oxygens (including phenoxy) is 1. The Morgan fingerprint density at radius 3 is 2.94 bits per heavy atom. The molecule has 0 aliphatic carbocycles. The van der Waals surface area contributed by atoms with Crippen LogP contribution in [0.5, 0.6) is 0 Å². The predicted molar refractivity (Wildman–Crippen MR) is 62.5 cm³/mol. The number of likely N-dealkylation sites (tertiary alicyclic amines) is 1. The number of aromatic nitrogens is 2. The summed E-state index contributed by atoms with van der Waals surface area (Å²) < 4.78 is 9.84. The first-order valence-corrected chi connectivity index (χ1v) is 5.92. The summed E-state index contributed by atoms with van der Waals surface area (Å²) in [5.74, 6) is -0.351. The van der Waals surface area contributed by atoms with Gasteiger partial charge in [0, 0.05) is 13.7 Å². The molecule has 1 saturated heterocycles. The fraction of sp³-hybridized carbons (Fsp3) is 0.727. The van der Waals surface area contributed by atoms with Gasteiger partial charge in [-0.15, -0.1) is 0 Å². The topological polar surface area (TPSA) is 94.5 Å². The lowest BCUT2D eigenvalue weighted by Crippen LogP contribution is -2.56. The normalized spacial score (nSPS) is 24.6. The number of aryl methyl sites for hydroxylation is 1. The van der Waals surface area contributed by atoms with Gasteiger partial charge in [0.1, 0.15) is 16.9 Å². The number of hydrogen-bond acceptors (Lipinski definition) is 6. The van der Waals surface area contributed by atoms with Crippen molar-refractivity contribution in [3.8, 4) is 0 Å². The Labute approximate surface area is 105 Å². The Balaban J connectivity index is 2.20. The van der Waals surface area contributed by atoms with Gasteiger partial charge in [0.15, 0.2) is 0 Å². The minimum atomic E-state index is -0.736. The van der Waals surface area contributed by atoms with Gasteiger partial charge in [-0.05, 0) is 26.3 Å². The Bertz CT molecular complexity index is 434. The zero-order valence-electron chi connectivity index (χ0n) is 10.7. The molecule has 1 atom stereocenters. The van der Waals surface area contributed by atoms with Crippen LogP contribution < -0.4 is 5.73 Å². The highest BCUT2D eigenvalue weighted by molar-refractivity contribution is 5.85. The van der Waals surface area contributed by atoms with Crippen LogP contribution in [0.3, 0.4) is 0 Å². The largest absolute Gasteiger partial charge is 0.382 e. The van der Waals surface area contributed by atoms with Gasteiger partial charge in [-0.1, -0.05) is 10.3 Å². The SMILES string of the molecule is COCC1(C(N)=O)CCCN1Cc1nonc1C. The Kier molecular flexibility index (Phi) is 3.63. The Morgan fingerprint density at radius 1 is 1.61 bits per heavy atom. The van der Waals surface area contributed by atoms with Gasteiger partial charge >= 0.3 is 0 Å². The van der Waals surface area contributed by atoms with Crippen LogP contribution in [0.2, 0.25) is 0 Å². The highest BCUT2D eigenvalue weighted by atomic mass is 16.6. The van der Waals surface area contributed by atoms with Crippen LogP contribution >= 0.6 is 0 Å². The summed E-state index contributed by atoms with van der Waals surface area (Å²) in [7, 11) is 1.57. The minimum absolute atomic E-state index is 0.298. The van der Waals surface area contributed by atoms with Crippen LogP contribution in [-0.4, -0.2) is 46.9 Å². The average molecular weight is 254 g/mol. The molecule has 1 unspecified atom stereocenters. The van der Waals surface area contributed by atoms with Crippen molar-refractivity contribution in [1.29, 1.82) is 0 Å². The fourth-order valence-electron chi connectivity index (χ4n) is 2.49. The third-order valence-electron chi connectivity index (χ3n) is 3.55. The van der Waals surface area contributed by atoms with Crippen molar-refractivity contribution in [2.45, 2.75) is 31.8 Å². The lowest BCUT2D eigenvalue weighted by atomic mass is 9.96. The summed E-state index contributed by atoms with van der Waals surface area (Å²) in [6.07, 6.45) is 1.62. The number of carbonyl (C=O) groups is 1. The maximum atomic E-state index is 11.8. The minimum Gasteiger partial charge on any atom is -0.382 e. The second-order valence-corrected chi connectivity index (χ2v) is 4.65. The summed E-state index contributed by atoms with van der Waals surface area (Å²) >= 11 is 0. The molecular weight excluding hydrogens is 236 g/mol. The fourth-order valence-corrected chi connectivity index (χ4v) is 2.49. The van der Waals surface area contributed by atoms with Gasteiger partial charge in [0.25, 0.3) is 0 Å². The molecule has 2 heterocycles. The molecule has 1 fully saturated rings. The van der Waals surface area contributed by atoms with Gasteiger partial charge in [0.2, 0.25) is 5.91 Å². The van der Waals surface area contributed by atoms with E-state index in [4.69, 9.17) is 10.5 Å². The molecule has 7 nitrogen and oxygen atoms in total. The van der Waals surface area contributed by atoms with Gasteiger partial charge in [0.05, 0.1) is 6.61 Å². The van der Waals surface area contributed by atoms with Gasteiger partial charge in [-0.25, -0.2) is 4.63 Å². The van der Waals surface area contributed by atoms with E-state index in [-0.39, 0.29) is 5.91 Å². The van der Waals surface area contributed by atoms with Crippen LogP contribution in [0.25, 0.3) is 0 Å². The summed E-state index contributed by atoms with van der Waals surface area (Å²) in [4.78, 5) is 13.8. The molecule has 1 amide bonds. The number of methoxy groups -OCH3 is 1. The monoisotopic (exact) mass is 254 g/mol. The molecule has 0 aromatic carbocycles. The van der Waals surface area contributed by atoms with Gasteiger partial charge in [-0.3, -0.25) is 9.69 Å². The molecule has 100 valence electrons. The van der Waals surface area contributed by atoms with Crippen molar-refractivity contribution < 1.29 is 14.2 Å². The van der Waals surface area contributed by atoms with E-state index in [1.807, 2.05) is 11.8 Å². The standard InChI is InChI=1S/C11H18N4O3/c1-8-9(14-18-13-8)6-15-5-3-4-11(15,7-17-2)10(12)16/h3-7H2,1-2H3,(H2,12,16). The first-order valence-electron chi connectivity index (χ1n) is 5.92. The number of carbonyl (C=O) groups excluding carboxylic acids is 1. The van der Waals surface area contributed by atoms with E-state index in [2.05, 4.69) is 14.9 Å². The predicted octanol–water partition coefficient (Wildman–Crippen LogP) is -0.156. The third kappa shape index (κ3) is 2.11. The number of rotatable bonds is 5. The maximum absolute atomic E-state index is 11.8. The summed E-state index contributed by atoms with van der Waals surface area (Å²) in [5.41, 5.74) is 6.29. The lowest BCUT2D eigenvalue weighted by molar-refractivity contribution is -0.132. The quantitative estimate of drug-likeness (QED) is 0.785. The second kappa shape index (κ2) is 5.03. The number of nitrogens with two attached hydrogens (primary N) is 1. The third-order valence-corrected chi connectivity index (χ3v) is 3.55. The Morgan fingerprint density at radius 2 is 2.39 bits per heavy atom. The molecule has 18 heavy (non-hydrogen) atoms. The zero-order valence-corrected chi connectivity index (χ0v) is 10.7. The van der Waals surface area contributed by atoms with Crippen LogP contribution in [0, 0.1) is 6.92 Å². The number of nitrogens with zero attached hydrogens (tertiary/aromatic N) is 3. The highest BCUT2D eigenvalue weighted by Gasteiger charge is 2.46. The van der Waals surface area contributed by atoms with Crippen molar-refractivity contribution in [2.75, 3.05) is 20.3 Å². The first-order chi connectivity index (χ1) is 8.60. The number of amides is 1. The number of primary amides is 1. The summed E-state index contributed by atoms with van der Waals surface area (Å²) in [6.45, 7) is 3.41. The van der Waals surface area contributed by atoms with E-state index in [0.717, 1.165) is 24.4 Å². The van der Waals surface area contributed by atoms with E-state index in [9.17, 15) is 4.79 Å². The van der Waals surface area contributed by atoms with Crippen LogP contribution in [-0.2, 0) is 16.1 Å². The molecule has 0 spiro atoms. The van der Waals surface area contributed by atoms with Crippen molar-refractivity contribution in [2.24, 2.45) is 5.73 Å². The first kappa shape index (κ1) is 13.0. The van der Waals surface area contributed by atoms with Crippen LogP contribution in [0.1, 0.15) is 24.2 Å². The Hall–Kier alpha value is -1.47. The summed E-state index contributed by atoms with van der Waals surface area (Å²) in [6, 6.07) is 0. The zero-order chi connectivity index (χ0) is 13.2. The maximum Gasteiger partial charge on any atom is 0.240 e. The van der Waals surface area contributed by atoms with Crippen molar-refractivity contribution in [1.82, 2.24) is 15.2 Å². The molecule has 1 aliphatic rings. The highest BCUT2D eigenvalue weighted by Crippen LogP contribution is 2.31. The average Bonchev–Trinajstić information content (AvgIpc) is 2.89. The molecule has 1 aromatic heterocycles. The lowest BCUT2D eigenvalue weighted by Gasteiger charge is -2.34. The van der Waals surface area contributed by atoms with E-state index in [1.54, 1.807) is 7.11 Å². The van der Waals surface area contributed by atoms with Crippen LogP contribution in [0.4, 0.5) is 0 Å². The molecule has 2 rings (SSSR count). The van der Waals surface area contributed by atoms with Crippen molar-refractivity contribution in [3.63, 3.8) is 0 Å². The van der Waals surface area contributed by atoms with Gasteiger partial charge < -0.3 is 10.5 Å². The molecule has 0 radical (unpaired) electrons. The smallest absolute Gasteiger partial charge is 0.240 e. The van der Waals surface area contributed by atoms with Gasteiger partial charge in [-0.2, -0.15) is 0 Å². The summed E-state index contributed by atoms with van der Waals surface area (Å²) in [5, 5.41) is 7.58. The molecule has 1 aromatic rings. The molecule has 7 heteroatoms. The van der Waals surface area contributed by atoms with E-state index >= 15 is 0 Å². The van der Waals surface area contributed by atoms with E-state index in [1.165, 1.54) is 0 Å². The number of hydrogen-bond donors (Lipinski definition) is 1. The van der Waals surface area contributed by atoms with Crippen molar-refractivity contribution >= 4 is 5.91 Å². The molecule has 2 N–H and O–H groups in total.